The van der Waals surface area contributed by atoms with Gasteiger partial charge < -0.3 is 10.6 Å². The van der Waals surface area contributed by atoms with E-state index >= 15 is 0 Å². The summed E-state index contributed by atoms with van der Waals surface area (Å²) in [5.74, 6) is 0.606. The van der Waals surface area contributed by atoms with Crippen LogP contribution in [0, 0.1) is 5.92 Å². The fourth-order valence-electron chi connectivity index (χ4n) is 1.17. The molecule has 1 amide bonds. The number of carbonyl (C=O) groups is 1. The lowest BCUT2D eigenvalue weighted by atomic mass is 9.96. The summed E-state index contributed by atoms with van der Waals surface area (Å²) < 4.78 is 0. The first-order valence-electron chi connectivity index (χ1n) is 5.95. The van der Waals surface area contributed by atoms with Crippen molar-refractivity contribution in [3.05, 3.63) is 0 Å². The monoisotopic (exact) mass is 214 g/mol. The lowest BCUT2D eigenvalue weighted by molar-refractivity contribution is -0.120. The summed E-state index contributed by atoms with van der Waals surface area (Å²) in [5, 5.41) is 6.21. The smallest absolute Gasteiger partial charge is 0.233 e. The Hall–Kier alpha value is -0.570. The van der Waals surface area contributed by atoms with Crippen molar-refractivity contribution in [2.75, 3.05) is 13.1 Å². The Morgan fingerprint density at radius 2 is 1.80 bits per heavy atom. The Bertz CT molecular complexity index is 186. The minimum Gasteiger partial charge on any atom is -0.355 e. The second-order valence-corrected chi connectivity index (χ2v) is 4.82. The minimum absolute atomic E-state index is 0.0924. The van der Waals surface area contributed by atoms with Crippen LogP contribution in [0.3, 0.4) is 0 Å². The molecule has 0 atom stereocenters. The van der Waals surface area contributed by atoms with E-state index in [4.69, 9.17) is 0 Å². The van der Waals surface area contributed by atoms with E-state index in [1.807, 2.05) is 0 Å². The lowest BCUT2D eigenvalue weighted by Gasteiger charge is -2.28. The van der Waals surface area contributed by atoms with Gasteiger partial charge in [-0.1, -0.05) is 27.7 Å². The maximum atomic E-state index is 11.5. The number of amides is 1. The predicted molar refractivity (Wildman–Crippen MR) is 64.8 cm³/mol. The van der Waals surface area contributed by atoms with E-state index in [1.165, 1.54) is 0 Å². The van der Waals surface area contributed by atoms with E-state index in [-0.39, 0.29) is 11.4 Å². The summed E-state index contributed by atoms with van der Waals surface area (Å²) in [4.78, 5) is 11.5. The predicted octanol–water partition coefficient (Wildman–Crippen LogP) is 1.93. The molecule has 0 radical (unpaired) electrons. The molecule has 0 aliphatic rings. The third kappa shape index (κ3) is 6.50. The first-order valence-corrected chi connectivity index (χ1v) is 5.95. The van der Waals surface area contributed by atoms with Gasteiger partial charge in [-0.15, -0.1) is 0 Å². The summed E-state index contributed by atoms with van der Waals surface area (Å²) in [6.45, 7) is 11.8. The van der Waals surface area contributed by atoms with Crippen LogP contribution in [-0.4, -0.2) is 24.5 Å². The van der Waals surface area contributed by atoms with Crippen LogP contribution < -0.4 is 10.6 Å². The Kier molecular flexibility index (Phi) is 6.57. The lowest BCUT2D eigenvalue weighted by Crippen LogP contribution is -2.46. The molecule has 0 fully saturated rings. The molecule has 90 valence electrons. The fourth-order valence-corrected chi connectivity index (χ4v) is 1.17. The zero-order chi connectivity index (χ0) is 11.9. The van der Waals surface area contributed by atoms with Crippen molar-refractivity contribution in [1.82, 2.24) is 10.6 Å². The van der Waals surface area contributed by atoms with Gasteiger partial charge in [-0.2, -0.15) is 0 Å². The SMILES string of the molecule is CCC(C)(CC)NCC(=O)NCC(C)C. The molecule has 3 heteroatoms. The van der Waals surface area contributed by atoms with Gasteiger partial charge in [0.25, 0.3) is 0 Å². The molecular weight excluding hydrogens is 188 g/mol. The average molecular weight is 214 g/mol. The number of rotatable bonds is 7. The van der Waals surface area contributed by atoms with Crippen LogP contribution in [0.1, 0.15) is 47.5 Å². The van der Waals surface area contributed by atoms with Gasteiger partial charge in [0.15, 0.2) is 0 Å². The molecule has 0 aromatic heterocycles. The molecule has 0 aliphatic heterocycles. The Morgan fingerprint density at radius 1 is 1.27 bits per heavy atom. The molecule has 15 heavy (non-hydrogen) atoms. The van der Waals surface area contributed by atoms with Gasteiger partial charge in [0, 0.05) is 12.1 Å². The zero-order valence-electron chi connectivity index (χ0n) is 10.8. The summed E-state index contributed by atoms with van der Waals surface area (Å²) in [5.41, 5.74) is 0.0924. The van der Waals surface area contributed by atoms with Crippen molar-refractivity contribution in [1.29, 1.82) is 0 Å². The molecule has 0 spiro atoms. The highest BCUT2D eigenvalue weighted by Crippen LogP contribution is 2.12. The summed E-state index contributed by atoms with van der Waals surface area (Å²) in [6.07, 6.45) is 2.09. The van der Waals surface area contributed by atoms with E-state index in [0.29, 0.717) is 12.5 Å². The summed E-state index contributed by atoms with van der Waals surface area (Å²) in [6, 6.07) is 0. The third-order valence-electron chi connectivity index (χ3n) is 2.94. The second kappa shape index (κ2) is 6.83. The highest BCUT2D eigenvalue weighted by molar-refractivity contribution is 5.78. The topological polar surface area (TPSA) is 41.1 Å². The maximum Gasteiger partial charge on any atom is 0.233 e. The minimum atomic E-state index is 0.0924. The Morgan fingerprint density at radius 3 is 2.20 bits per heavy atom. The van der Waals surface area contributed by atoms with Crippen LogP contribution in [0.15, 0.2) is 0 Å². The quantitative estimate of drug-likeness (QED) is 0.680. The first kappa shape index (κ1) is 14.4. The van der Waals surface area contributed by atoms with Crippen LogP contribution in [0.5, 0.6) is 0 Å². The third-order valence-corrected chi connectivity index (χ3v) is 2.94. The molecular formula is C12H26N2O. The molecule has 0 heterocycles. The van der Waals surface area contributed by atoms with Gasteiger partial charge in [-0.25, -0.2) is 0 Å². The molecule has 3 nitrogen and oxygen atoms in total. The molecule has 0 unspecified atom stereocenters. The van der Waals surface area contributed by atoms with Gasteiger partial charge >= 0.3 is 0 Å². The fraction of sp³-hybridized carbons (Fsp3) is 0.917. The Balaban J connectivity index is 3.79. The zero-order valence-corrected chi connectivity index (χ0v) is 10.8. The molecule has 0 bridgehead atoms. The van der Waals surface area contributed by atoms with Gasteiger partial charge in [0.2, 0.25) is 5.91 Å². The van der Waals surface area contributed by atoms with Crippen LogP contribution >= 0.6 is 0 Å². The van der Waals surface area contributed by atoms with Gasteiger partial charge in [-0.3, -0.25) is 4.79 Å². The normalized spacial score (nSPS) is 11.9. The van der Waals surface area contributed by atoms with Gasteiger partial charge in [0.1, 0.15) is 0 Å². The molecule has 0 saturated heterocycles. The molecule has 0 saturated carbocycles. The molecule has 0 aliphatic carbocycles. The van der Waals surface area contributed by atoms with Gasteiger partial charge in [0.05, 0.1) is 6.54 Å². The first-order chi connectivity index (χ1) is 6.93. The maximum absolute atomic E-state index is 11.5. The number of carbonyl (C=O) groups excluding carboxylic acids is 1. The van der Waals surface area contributed by atoms with E-state index in [0.717, 1.165) is 19.4 Å². The van der Waals surface area contributed by atoms with Crippen molar-refractivity contribution in [2.45, 2.75) is 53.0 Å². The van der Waals surface area contributed by atoms with Crippen LogP contribution in [-0.2, 0) is 4.79 Å². The van der Waals surface area contributed by atoms with Crippen LogP contribution in [0.25, 0.3) is 0 Å². The summed E-state index contributed by atoms with van der Waals surface area (Å²) >= 11 is 0. The number of hydrogen-bond acceptors (Lipinski definition) is 2. The number of hydrogen-bond donors (Lipinski definition) is 2. The second-order valence-electron chi connectivity index (χ2n) is 4.82. The highest BCUT2D eigenvalue weighted by Gasteiger charge is 2.19. The van der Waals surface area contributed by atoms with Gasteiger partial charge in [-0.05, 0) is 25.7 Å². The van der Waals surface area contributed by atoms with E-state index in [1.54, 1.807) is 0 Å². The summed E-state index contributed by atoms with van der Waals surface area (Å²) in [7, 11) is 0. The number of nitrogens with one attached hydrogen (secondary N) is 2. The molecule has 0 rings (SSSR count). The highest BCUT2D eigenvalue weighted by atomic mass is 16.1. The van der Waals surface area contributed by atoms with E-state index in [9.17, 15) is 4.79 Å². The molecule has 0 aromatic rings. The molecule has 0 aromatic carbocycles. The van der Waals surface area contributed by atoms with Crippen molar-refractivity contribution >= 4 is 5.91 Å². The van der Waals surface area contributed by atoms with Crippen molar-refractivity contribution < 1.29 is 4.79 Å². The van der Waals surface area contributed by atoms with Crippen LogP contribution in [0.4, 0.5) is 0 Å². The van der Waals surface area contributed by atoms with Crippen molar-refractivity contribution in [3.8, 4) is 0 Å². The van der Waals surface area contributed by atoms with E-state index in [2.05, 4.69) is 45.3 Å². The standard InChI is InChI=1S/C12H26N2O/c1-6-12(5,7-2)14-9-11(15)13-8-10(3)4/h10,14H,6-9H2,1-5H3,(H,13,15). The Labute approximate surface area is 94.0 Å². The van der Waals surface area contributed by atoms with Crippen molar-refractivity contribution in [3.63, 3.8) is 0 Å². The largest absolute Gasteiger partial charge is 0.355 e. The average Bonchev–Trinajstić information content (AvgIpc) is 2.23. The van der Waals surface area contributed by atoms with E-state index < -0.39 is 0 Å². The van der Waals surface area contributed by atoms with Crippen LogP contribution in [0.2, 0.25) is 0 Å². The van der Waals surface area contributed by atoms with Crippen molar-refractivity contribution in [2.24, 2.45) is 5.92 Å². The molecule has 2 N–H and O–H groups in total.